The predicted molar refractivity (Wildman–Crippen MR) is 72.0 cm³/mol. The number of hydrogen-bond donors (Lipinski definition) is 2. The fourth-order valence-electron chi connectivity index (χ4n) is 1.83. The molecule has 1 rings (SSSR count). The number of nitrogens with one attached hydrogen (secondary N) is 1. The maximum Gasteiger partial charge on any atom is 0.223 e. The summed E-state index contributed by atoms with van der Waals surface area (Å²) in [6.45, 7) is 3.65. The molecule has 0 aliphatic heterocycles. The van der Waals surface area contributed by atoms with Crippen LogP contribution in [-0.4, -0.2) is 25.7 Å². The first-order valence-corrected chi connectivity index (χ1v) is 6.29. The number of carbonyl (C=O) groups excluding carboxylic acids is 1. The summed E-state index contributed by atoms with van der Waals surface area (Å²) >= 11 is 0. The summed E-state index contributed by atoms with van der Waals surface area (Å²) in [6, 6.07) is 3.55. The Balaban J connectivity index is 2.78. The van der Waals surface area contributed by atoms with Crippen molar-refractivity contribution in [2.45, 2.75) is 31.9 Å². The number of benzene rings is 1. The molecule has 0 aliphatic rings. The molecule has 20 heavy (non-hydrogen) atoms. The highest BCUT2D eigenvalue weighted by Gasteiger charge is 2.25. The van der Waals surface area contributed by atoms with Gasteiger partial charge in [-0.2, -0.15) is 0 Å². The number of amides is 1. The van der Waals surface area contributed by atoms with E-state index >= 15 is 0 Å². The molecule has 1 unspecified atom stereocenters. The van der Waals surface area contributed by atoms with E-state index in [9.17, 15) is 13.6 Å². The van der Waals surface area contributed by atoms with Crippen molar-refractivity contribution in [3.05, 3.63) is 35.4 Å². The molecule has 4 nitrogen and oxygen atoms in total. The molecule has 1 aromatic rings. The third-order valence-electron chi connectivity index (χ3n) is 3.10. The van der Waals surface area contributed by atoms with Gasteiger partial charge in [0.2, 0.25) is 5.91 Å². The second-order valence-electron chi connectivity index (χ2n) is 5.10. The highest BCUT2D eigenvalue weighted by atomic mass is 19.2. The molecule has 0 radical (unpaired) electrons. The Morgan fingerprint density at radius 2 is 2.05 bits per heavy atom. The van der Waals surface area contributed by atoms with Gasteiger partial charge >= 0.3 is 0 Å². The van der Waals surface area contributed by atoms with Crippen LogP contribution >= 0.6 is 0 Å². The van der Waals surface area contributed by atoms with Crippen molar-refractivity contribution in [1.29, 1.82) is 0 Å². The fraction of sp³-hybridized carbons (Fsp3) is 0.500. The minimum atomic E-state index is -0.943. The number of halogens is 2. The molecule has 0 spiro atoms. The Labute approximate surface area is 117 Å². The SMILES string of the molecule is COC(CN)CC(=O)NC(C)(C)c1ccc(F)c(F)c1. The number of ether oxygens (including phenoxy) is 1. The first kappa shape index (κ1) is 16.5. The Bertz CT molecular complexity index is 474. The lowest BCUT2D eigenvalue weighted by atomic mass is 9.93. The van der Waals surface area contributed by atoms with Gasteiger partial charge in [0.05, 0.1) is 18.1 Å². The zero-order valence-corrected chi connectivity index (χ0v) is 11.9. The van der Waals surface area contributed by atoms with Crippen molar-refractivity contribution in [3.8, 4) is 0 Å². The summed E-state index contributed by atoms with van der Waals surface area (Å²) < 4.78 is 31.2. The minimum absolute atomic E-state index is 0.111. The lowest BCUT2D eigenvalue weighted by Crippen LogP contribution is -2.43. The van der Waals surface area contributed by atoms with E-state index in [2.05, 4.69) is 5.32 Å². The van der Waals surface area contributed by atoms with Gasteiger partial charge in [0.1, 0.15) is 0 Å². The quantitative estimate of drug-likeness (QED) is 0.836. The van der Waals surface area contributed by atoms with Crippen molar-refractivity contribution in [1.82, 2.24) is 5.32 Å². The molecule has 0 heterocycles. The standard InChI is InChI=1S/C14H20F2N2O2/c1-14(2,9-4-5-11(15)12(16)6-9)18-13(19)7-10(8-17)20-3/h4-6,10H,7-8,17H2,1-3H3,(H,18,19). The van der Waals surface area contributed by atoms with E-state index in [4.69, 9.17) is 10.5 Å². The third-order valence-corrected chi connectivity index (χ3v) is 3.10. The average Bonchev–Trinajstić information content (AvgIpc) is 2.38. The van der Waals surface area contributed by atoms with Crippen LogP contribution < -0.4 is 11.1 Å². The third kappa shape index (κ3) is 4.25. The topological polar surface area (TPSA) is 64.3 Å². The largest absolute Gasteiger partial charge is 0.380 e. The van der Waals surface area contributed by atoms with E-state index in [0.717, 1.165) is 12.1 Å². The monoisotopic (exact) mass is 286 g/mol. The van der Waals surface area contributed by atoms with Gasteiger partial charge in [-0.05, 0) is 31.5 Å². The molecule has 0 saturated heterocycles. The lowest BCUT2D eigenvalue weighted by Gasteiger charge is -2.28. The highest BCUT2D eigenvalue weighted by molar-refractivity contribution is 5.77. The summed E-state index contributed by atoms with van der Waals surface area (Å²) in [6.07, 6.45) is -0.254. The molecule has 1 atom stereocenters. The molecule has 0 aliphatic carbocycles. The van der Waals surface area contributed by atoms with Gasteiger partial charge < -0.3 is 15.8 Å². The van der Waals surface area contributed by atoms with Crippen LogP contribution in [0.2, 0.25) is 0 Å². The van der Waals surface area contributed by atoms with Crippen molar-refractivity contribution in [2.24, 2.45) is 5.73 Å². The highest BCUT2D eigenvalue weighted by Crippen LogP contribution is 2.22. The van der Waals surface area contributed by atoms with Gasteiger partial charge in [-0.1, -0.05) is 6.07 Å². The van der Waals surface area contributed by atoms with Gasteiger partial charge in [-0.25, -0.2) is 8.78 Å². The van der Waals surface area contributed by atoms with E-state index in [-0.39, 0.29) is 25.0 Å². The second kappa shape index (κ2) is 6.76. The van der Waals surface area contributed by atoms with E-state index in [1.165, 1.54) is 13.2 Å². The van der Waals surface area contributed by atoms with Crippen LogP contribution in [0.4, 0.5) is 8.78 Å². The molecular formula is C14H20F2N2O2. The molecule has 1 aromatic carbocycles. The normalized spacial score (nSPS) is 13.1. The lowest BCUT2D eigenvalue weighted by molar-refractivity contribution is -0.125. The summed E-state index contributed by atoms with van der Waals surface area (Å²) in [5, 5.41) is 2.75. The zero-order valence-electron chi connectivity index (χ0n) is 11.9. The molecule has 6 heteroatoms. The van der Waals surface area contributed by atoms with Crippen molar-refractivity contribution >= 4 is 5.91 Å². The Morgan fingerprint density at radius 1 is 1.40 bits per heavy atom. The smallest absolute Gasteiger partial charge is 0.223 e. The predicted octanol–water partition coefficient (Wildman–Crippen LogP) is 1.68. The van der Waals surface area contributed by atoms with E-state index in [1.54, 1.807) is 13.8 Å². The van der Waals surface area contributed by atoms with Crippen LogP contribution in [0, 0.1) is 11.6 Å². The van der Waals surface area contributed by atoms with Crippen LogP contribution in [0.3, 0.4) is 0 Å². The van der Waals surface area contributed by atoms with Gasteiger partial charge in [0, 0.05) is 13.7 Å². The van der Waals surface area contributed by atoms with E-state index < -0.39 is 17.2 Å². The van der Waals surface area contributed by atoms with Crippen LogP contribution in [0.1, 0.15) is 25.8 Å². The van der Waals surface area contributed by atoms with Crippen molar-refractivity contribution in [2.75, 3.05) is 13.7 Å². The maximum absolute atomic E-state index is 13.2. The summed E-state index contributed by atoms with van der Waals surface area (Å²) in [5.41, 5.74) is 5.10. The molecule has 0 fully saturated rings. The molecule has 0 aromatic heterocycles. The first-order valence-electron chi connectivity index (χ1n) is 6.29. The number of hydrogen-bond acceptors (Lipinski definition) is 3. The maximum atomic E-state index is 13.2. The Hall–Kier alpha value is -1.53. The van der Waals surface area contributed by atoms with Gasteiger partial charge in [-0.3, -0.25) is 4.79 Å². The molecule has 1 amide bonds. The molecule has 3 N–H and O–H groups in total. The minimum Gasteiger partial charge on any atom is -0.380 e. The average molecular weight is 286 g/mol. The van der Waals surface area contributed by atoms with E-state index in [1.807, 2.05) is 0 Å². The summed E-state index contributed by atoms with van der Waals surface area (Å²) in [4.78, 5) is 11.9. The fourth-order valence-corrected chi connectivity index (χ4v) is 1.83. The molecule has 112 valence electrons. The van der Waals surface area contributed by atoms with Crippen LogP contribution in [0.5, 0.6) is 0 Å². The van der Waals surface area contributed by atoms with E-state index in [0.29, 0.717) is 5.56 Å². The molecule has 0 saturated carbocycles. The number of methoxy groups -OCH3 is 1. The zero-order chi connectivity index (χ0) is 15.3. The first-order chi connectivity index (χ1) is 9.30. The van der Waals surface area contributed by atoms with Crippen LogP contribution in [0.25, 0.3) is 0 Å². The summed E-state index contributed by atoms with van der Waals surface area (Å²) in [5.74, 6) is -2.13. The van der Waals surface area contributed by atoms with Crippen LogP contribution in [0.15, 0.2) is 18.2 Å². The second-order valence-corrected chi connectivity index (χ2v) is 5.10. The van der Waals surface area contributed by atoms with Crippen molar-refractivity contribution in [3.63, 3.8) is 0 Å². The summed E-state index contributed by atoms with van der Waals surface area (Å²) in [7, 11) is 1.48. The van der Waals surface area contributed by atoms with Gasteiger partial charge in [0.25, 0.3) is 0 Å². The van der Waals surface area contributed by atoms with Crippen LogP contribution in [-0.2, 0) is 15.1 Å². The van der Waals surface area contributed by atoms with Gasteiger partial charge in [-0.15, -0.1) is 0 Å². The number of carbonyl (C=O) groups is 1. The Morgan fingerprint density at radius 3 is 2.55 bits per heavy atom. The number of rotatable bonds is 6. The number of nitrogens with two attached hydrogens (primary N) is 1. The molecular weight excluding hydrogens is 266 g/mol. The molecule has 0 bridgehead atoms. The van der Waals surface area contributed by atoms with Gasteiger partial charge in [0.15, 0.2) is 11.6 Å². The van der Waals surface area contributed by atoms with Crippen molar-refractivity contribution < 1.29 is 18.3 Å². The Kier molecular flexibility index (Phi) is 5.59.